The van der Waals surface area contributed by atoms with Crippen LogP contribution in [-0.4, -0.2) is 17.1 Å². The molecule has 0 saturated heterocycles. The van der Waals surface area contributed by atoms with Crippen LogP contribution in [0.1, 0.15) is 4.88 Å². The first-order valence-corrected chi connectivity index (χ1v) is 5.59. The zero-order chi connectivity index (χ0) is 11.4. The SMILES string of the molecule is COc1nc(NCc2cncs2)ccc1N. The molecule has 2 aromatic heterocycles. The van der Waals surface area contributed by atoms with E-state index >= 15 is 0 Å². The molecular formula is C10H12N4OS. The summed E-state index contributed by atoms with van der Waals surface area (Å²) in [5.74, 6) is 1.17. The average molecular weight is 236 g/mol. The zero-order valence-electron chi connectivity index (χ0n) is 8.80. The van der Waals surface area contributed by atoms with E-state index in [-0.39, 0.29) is 0 Å². The summed E-state index contributed by atoms with van der Waals surface area (Å²) in [5, 5.41) is 3.17. The number of anilines is 2. The van der Waals surface area contributed by atoms with E-state index < -0.39 is 0 Å². The first-order chi connectivity index (χ1) is 7.79. The minimum atomic E-state index is 0.439. The van der Waals surface area contributed by atoms with Crippen LogP contribution in [0.5, 0.6) is 5.88 Å². The van der Waals surface area contributed by atoms with Crippen LogP contribution in [-0.2, 0) is 6.54 Å². The lowest BCUT2D eigenvalue weighted by Gasteiger charge is -2.07. The Hall–Kier alpha value is -1.82. The number of nitrogen functional groups attached to an aromatic ring is 1. The van der Waals surface area contributed by atoms with Crippen molar-refractivity contribution in [2.45, 2.75) is 6.54 Å². The number of ether oxygens (including phenoxy) is 1. The van der Waals surface area contributed by atoms with E-state index in [1.165, 1.54) is 0 Å². The Kier molecular flexibility index (Phi) is 3.21. The second-order valence-corrected chi connectivity index (χ2v) is 4.09. The summed E-state index contributed by atoms with van der Waals surface area (Å²) in [6, 6.07) is 3.58. The molecule has 0 radical (unpaired) electrons. The molecule has 0 aliphatic rings. The highest BCUT2D eigenvalue weighted by atomic mass is 32.1. The van der Waals surface area contributed by atoms with Gasteiger partial charge in [-0.15, -0.1) is 11.3 Å². The molecule has 0 spiro atoms. The fourth-order valence-corrected chi connectivity index (χ4v) is 1.75. The summed E-state index contributed by atoms with van der Waals surface area (Å²) in [6.45, 7) is 0.699. The van der Waals surface area contributed by atoms with Crippen LogP contribution in [0.25, 0.3) is 0 Å². The van der Waals surface area contributed by atoms with E-state index in [0.29, 0.717) is 18.1 Å². The third-order valence-corrected chi connectivity index (χ3v) is 2.79. The predicted octanol–water partition coefficient (Wildman–Crippen LogP) is 1.74. The number of hydrogen-bond acceptors (Lipinski definition) is 6. The molecule has 0 aliphatic heterocycles. The molecule has 16 heavy (non-hydrogen) atoms. The number of aromatic nitrogens is 2. The molecule has 0 atom stereocenters. The molecule has 0 bridgehead atoms. The smallest absolute Gasteiger partial charge is 0.238 e. The van der Waals surface area contributed by atoms with Gasteiger partial charge in [0.25, 0.3) is 0 Å². The van der Waals surface area contributed by atoms with E-state index in [1.54, 1.807) is 30.0 Å². The molecule has 0 unspecified atom stereocenters. The second kappa shape index (κ2) is 4.80. The minimum Gasteiger partial charge on any atom is -0.479 e. The number of pyridine rings is 1. The highest BCUT2D eigenvalue weighted by Crippen LogP contribution is 2.20. The van der Waals surface area contributed by atoms with E-state index in [0.717, 1.165) is 10.7 Å². The van der Waals surface area contributed by atoms with Gasteiger partial charge in [0.05, 0.1) is 24.9 Å². The van der Waals surface area contributed by atoms with Gasteiger partial charge in [0.1, 0.15) is 5.82 Å². The molecule has 6 heteroatoms. The van der Waals surface area contributed by atoms with Crippen molar-refractivity contribution in [3.8, 4) is 5.88 Å². The Balaban J connectivity index is 2.04. The predicted molar refractivity (Wildman–Crippen MR) is 64.6 cm³/mol. The minimum absolute atomic E-state index is 0.439. The molecule has 3 N–H and O–H groups in total. The van der Waals surface area contributed by atoms with Crippen molar-refractivity contribution in [1.29, 1.82) is 0 Å². The van der Waals surface area contributed by atoms with Gasteiger partial charge in [0, 0.05) is 11.1 Å². The summed E-state index contributed by atoms with van der Waals surface area (Å²) < 4.78 is 5.04. The van der Waals surface area contributed by atoms with E-state index in [9.17, 15) is 0 Å². The fraction of sp³-hybridized carbons (Fsp3) is 0.200. The quantitative estimate of drug-likeness (QED) is 0.846. The average Bonchev–Trinajstić information content (AvgIpc) is 2.81. The first kappa shape index (κ1) is 10.7. The highest BCUT2D eigenvalue weighted by Gasteiger charge is 2.02. The standard InChI is InChI=1S/C10H12N4OS/c1-15-10-8(11)2-3-9(14-10)13-5-7-4-12-6-16-7/h2-4,6H,5,11H2,1H3,(H,13,14). The van der Waals surface area contributed by atoms with Gasteiger partial charge in [-0.25, -0.2) is 0 Å². The van der Waals surface area contributed by atoms with Gasteiger partial charge in [-0.1, -0.05) is 0 Å². The number of hydrogen-bond donors (Lipinski definition) is 2. The monoisotopic (exact) mass is 236 g/mol. The van der Waals surface area contributed by atoms with Crippen LogP contribution in [0.3, 0.4) is 0 Å². The summed E-state index contributed by atoms with van der Waals surface area (Å²) in [6.07, 6.45) is 1.83. The topological polar surface area (TPSA) is 73.1 Å². The Morgan fingerprint density at radius 1 is 1.50 bits per heavy atom. The normalized spacial score (nSPS) is 10.1. The van der Waals surface area contributed by atoms with Gasteiger partial charge in [-0.3, -0.25) is 4.98 Å². The molecule has 0 aliphatic carbocycles. The van der Waals surface area contributed by atoms with Gasteiger partial charge in [-0.2, -0.15) is 4.98 Å². The molecule has 0 saturated carbocycles. The lowest BCUT2D eigenvalue weighted by atomic mass is 10.4. The molecule has 5 nitrogen and oxygen atoms in total. The van der Waals surface area contributed by atoms with Crippen molar-refractivity contribution in [1.82, 2.24) is 9.97 Å². The molecule has 0 fully saturated rings. The molecular weight excluding hydrogens is 224 g/mol. The van der Waals surface area contributed by atoms with E-state index in [1.807, 2.05) is 12.3 Å². The maximum Gasteiger partial charge on any atom is 0.238 e. The largest absolute Gasteiger partial charge is 0.479 e. The van der Waals surface area contributed by atoms with Crippen LogP contribution < -0.4 is 15.8 Å². The Morgan fingerprint density at radius 2 is 2.38 bits per heavy atom. The number of methoxy groups -OCH3 is 1. The summed E-state index contributed by atoms with van der Waals surface area (Å²) in [4.78, 5) is 9.36. The number of rotatable bonds is 4. The van der Waals surface area contributed by atoms with Crippen LogP contribution in [0.2, 0.25) is 0 Å². The number of nitrogens with zero attached hydrogens (tertiary/aromatic N) is 2. The van der Waals surface area contributed by atoms with Crippen molar-refractivity contribution in [3.05, 3.63) is 28.7 Å². The van der Waals surface area contributed by atoms with Crippen molar-refractivity contribution in [2.24, 2.45) is 0 Å². The van der Waals surface area contributed by atoms with Gasteiger partial charge in [0.15, 0.2) is 0 Å². The number of nitrogens with two attached hydrogens (primary N) is 1. The van der Waals surface area contributed by atoms with Crippen molar-refractivity contribution in [2.75, 3.05) is 18.2 Å². The zero-order valence-corrected chi connectivity index (χ0v) is 9.62. The van der Waals surface area contributed by atoms with Crippen LogP contribution in [0, 0.1) is 0 Å². The lowest BCUT2D eigenvalue weighted by molar-refractivity contribution is 0.401. The van der Waals surface area contributed by atoms with Crippen molar-refractivity contribution >= 4 is 22.8 Å². The molecule has 2 heterocycles. The maximum absolute atomic E-state index is 5.67. The van der Waals surface area contributed by atoms with Gasteiger partial charge in [0.2, 0.25) is 5.88 Å². The molecule has 0 amide bonds. The van der Waals surface area contributed by atoms with Gasteiger partial charge < -0.3 is 15.8 Å². The molecule has 2 aromatic rings. The number of thiazole rings is 1. The molecule has 84 valence electrons. The molecule has 0 aromatic carbocycles. The molecule has 2 rings (SSSR count). The van der Waals surface area contributed by atoms with Gasteiger partial charge >= 0.3 is 0 Å². The van der Waals surface area contributed by atoms with E-state index in [4.69, 9.17) is 10.5 Å². The van der Waals surface area contributed by atoms with Crippen LogP contribution in [0.4, 0.5) is 11.5 Å². The van der Waals surface area contributed by atoms with Crippen molar-refractivity contribution < 1.29 is 4.74 Å². The van der Waals surface area contributed by atoms with Crippen LogP contribution in [0.15, 0.2) is 23.8 Å². The fourth-order valence-electron chi connectivity index (χ4n) is 1.22. The van der Waals surface area contributed by atoms with E-state index in [2.05, 4.69) is 15.3 Å². The summed E-state index contributed by atoms with van der Waals surface area (Å²) in [5.41, 5.74) is 8.00. The first-order valence-electron chi connectivity index (χ1n) is 4.71. The third kappa shape index (κ3) is 2.40. The Bertz CT molecular complexity index is 458. The Morgan fingerprint density at radius 3 is 3.06 bits per heavy atom. The summed E-state index contributed by atoms with van der Waals surface area (Å²) >= 11 is 1.60. The Labute approximate surface area is 97.3 Å². The van der Waals surface area contributed by atoms with Crippen LogP contribution >= 0.6 is 11.3 Å². The second-order valence-electron chi connectivity index (χ2n) is 3.12. The number of nitrogens with one attached hydrogen (secondary N) is 1. The highest BCUT2D eigenvalue weighted by molar-refractivity contribution is 7.09. The van der Waals surface area contributed by atoms with Crippen molar-refractivity contribution in [3.63, 3.8) is 0 Å². The summed E-state index contributed by atoms with van der Waals surface area (Å²) in [7, 11) is 1.55. The van der Waals surface area contributed by atoms with Gasteiger partial charge in [-0.05, 0) is 12.1 Å². The maximum atomic E-state index is 5.67. The lowest BCUT2D eigenvalue weighted by Crippen LogP contribution is -2.02. The third-order valence-electron chi connectivity index (χ3n) is 2.01.